The predicted octanol–water partition coefficient (Wildman–Crippen LogP) is 5.10. The molecule has 0 bridgehead atoms. The van der Waals surface area contributed by atoms with Crippen LogP contribution in [-0.2, 0) is 0 Å². The van der Waals surface area contributed by atoms with Crippen LogP contribution in [0.25, 0.3) is 0 Å². The van der Waals surface area contributed by atoms with E-state index in [1.807, 2.05) is 31.2 Å². The van der Waals surface area contributed by atoms with Crippen molar-refractivity contribution in [2.75, 3.05) is 14.2 Å². The van der Waals surface area contributed by atoms with Crippen LogP contribution in [0.3, 0.4) is 0 Å². The maximum Gasteiger partial charge on any atom is 0.127 e. The lowest BCUT2D eigenvalue weighted by Crippen LogP contribution is -1.99. The van der Waals surface area contributed by atoms with Crippen LogP contribution in [0, 0.1) is 6.92 Å². The van der Waals surface area contributed by atoms with Gasteiger partial charge < -0.3 is 9.47 Å². The molecule has 0 radical (unpaired) electrons. The number of alkyl halides is 1. The minimum Gasteiger partial charge on any atom is -0.497 e. The highest BCUT2D eigenvalue weighted by atomic mass is 79.9. The summed E-state index contributed by atoms with van der Waals surface area (Å²) in [6.45, 7) is 2.04. The van der Waals surface area contributed by atoms with E-state index in [4.69, 9.17) is 21.1 Å². The molecule has 106 valence electrons. The van der Waals surface area contributed by atoms with E-state index in [1.54, 1.807) is 14.2 Å². The zero-order valence-corrected chi connectivity index (χ0v) is 14.0. The first-order valence-corrected chi connectivity index (χ1v) is 7.41. The maximum absolute atomic E-state index is 6.61. The van der Waals surface area contributed by atoms with Gasteiger partial charge in [-0.15, -0.1) is 11.6 Å². The highest BCUT2D eigenvalue weighted by Crippen LogP contribution is 2.38. The summed E-state index contributed by atoms with van der Waals surface area (Å²) < 4.78 is 11.6. The third-order valence-electron chi connectivity index (χ3n) is 3.07. The van der Waals surface area contributed by atoms with E-state index in [2.05, 4.69) is 28.1 Å². The quantitative estimate of drug-likeness (QED) is 0.710. The second kappa shape index (κ2) is 6.51. The molecule has 0 heterocycles. The molecular weight excluding hydrogens is 340 g/mol. The first kappa shape index (κ1) is 15.2. The lowest BCUT2D eigenvalue weighted by Gasteiger charge is -2.16. The summed E-state index contributed by atoms with van der Waals surface area (Å²) in [5.41, 5.74) is 3.11. The normalized spacial score (nSPS) is 12.1. The molecule has 0 saturated carbocycles. The Bertz CT molecular complexity index is 593. The molecule has 0 fully saturated rings. The van der Waals surface area contributed by atoms with Crippen LogP contribution in [0.4, 0.5) is 0 Å². The van der Waals surface area contributed by atoms with Crippen molar-refractivity contribution < 1.29 is 9.47 Å². The molecule has 4 heteroatoms. The van der Waals surface area contributed by atoms with Crippen molar-refractivity contribution in [3.05, 3.63) is 57.6 Å². The average Bonchev–Trinajstić information content (AvgIpc) is 2.44. The Morgan fingerprint density at radius 3 is 2.40 bits per heavy atom. The monoisotopic (exact) mass is 354 g/mol. The third kappa shape index (κ3) is 3.28. The number of benzene rings is 2. The van der Waals surface area contributed by atoms with Crippen molar-refractivity contribution in [1.82, 2.24) is 0 Å². The summed E-state index contributed by atoms with van der Waals surface area (Å²) in [5.74, 6) is 1.47. The molecule has 0 aromatic heterocycles. The van der Waals surface area contributed by atoms with E-state index in [0.717, 1.165) is 32.7 Å². The van der Waals surface area contributed by atoms with Crippen LogP contribution in [-0.4, -0.2) is 14.2 Å². The molecule has 1 atom stereocenters. The summed E-state index contributed by atoms with van der Waals surface area (Å²) in [7, 11) is 3.26. The number of ether oxygens (including phenoxy) is 2. The Morgan fingerprint density at radius 1 is 1.05 bits per heavy atom. The van der Waals surface area contributed by atoms with E-state index in [-0.39, 0.29) is 5.38 Å². The van der Waals surface area contributed by atoms with Gasteiger partial charge in [0.15, 0.2) is 0 Å². The van der Waals surface area contributed by atoms with Gasteiger partial charge in [0.2, 0.25) is 0 Å². The van der Waals surface area contributed by atoms with E-state index in [0.29, 0.717) is 0 Å². The van der Waals surface area contributed by atoms with Gasteiger partial charge in [0.05, 0.1) is 19.6 Å². The number of methoxy groups -OCH3 is 2. The summed E-state index contributed by atoms with van der Waals surface area (Å²) in [4.78, 5) is 0. The molecule has 0 aliphatic heterocycles. The van der Waals surface area contributed by atoms with Crippen molar-refractivity contribution in [3.8, 4) is 11.5 Å². The minimum absolute atomic E-state index is 0.271. The fourth-order valence-electron chi connectivity index (χ4n) is 2.12. The third-order valence-corrected chi connectivity index (χ3v) is 4.02. The van der Waals surface area contributed by atoms with Crippen LogP contribution in [0.1, 0.15) is 22.1 Å². The molecule has 2 nitrogen and oxygen atoms in total. The SMILES string of the molecule is COc1ccc(C(Cl)c2cc(C)cc(Br)c2)c(OC)c1. The summed E-state index contributed by atoms with van der Waals surface area (Å²) in [6, 6.07) is 11.8. The molecule has 1 unspecified atom stereocenters. The summed E-state index contributed by atoms with van der Waals surface area (Å²) in [6.07, 6.45) is 0. The molecule has 2 aromatic rings. The average molecular weight is 356 g/mol. The largest absolute Gasteiger partial charge is 0.497 e. The Hall–Kier alpha value is -1.19. The van der Waals surface area contributed by atoms with E-state index in [9.17, 15) is 0 Å². The minimum atomic E-state index is -0.271. The van der Waals surface area contributed by atoms with E-state index < -0.39 is 0 Å². The Balaban J connectivity index is 2.44. The summed E-state index contributed by atoms with van der Waals surface area (Å²) >= 11 is 10.1. The molecule has 2 rings (SSSR count). The van der Waals surface area contributed by atoms with Crippen LogP contribution >= 0.6 is 27.5 Å². The van der Waals surface area contributed by atoms with Crippen molar-refractivity contribution in [3.63, 3.8) is 0 Å². The van der Waals surface area contributed by atoms with Crippen LogP contribution < -0.4 is 9.47 Å². The van der Waals surface area contributed by atoms with Crippen LogP contribution in [0.15, 0.2) is 40.9 Å². The van der Waals surface area contributed by atoms with Crippen molar-refractivity contribution >= 4 is 27.5 Å². The number of aryl methyl sites for hydroxylation is 1. The fourth-order valence-corrected chi connectivity index (χ4v) is 3.05. The first-order valence-electron chi connectivity index (χ1n) is 6.18. The van der Waals surface area contributed by atoms with Gasteiger partial charge in [-0.25, -0.2) is 0 Å². The van der Waals surface area contributed by atoms with Crippen molar-refractivity contribution in [1.29, 1.82) is 0 Å². The number of halogens is 2. The molecule has 0 aliphatic carbocycles. The number of hydrogen-bond donors (Lipinski definition) is 0. The highest BCUT2D eigenvalue weighted by molar-refractivity contribution is 9.10. The van der Waals surface area contributed by atoms with Gasteiger partial charge in [-0.1, -0.05) is 22.0 Å². The van der Waals surface area contributed by atoms with Gasteiger partial charge in [0, 0.05) is 16.1 Å². The van der Waals surface area contributed by atoms with Gasteiger partial charge >= 0.3 is 0 Å². The maximum atomic E-state index is 6.61. The second-order valence-corrected chi connectivity index (χ2v) is 5.88. The molecule has 0 spiro atoms. The molecule has 0 amide bonds. The standard InChI is InChI=1S/C16H16BrClO2/c1-10-6-11(8-12(17)7-10)16(18)14-5-4-13(19-2)9-15(14)20-3/h4-9,16H,1-3H3. The van der Waals surface area contributed by atoms with Crippen LogP contribution in [0.2, 0.25) is 0 Å². The van der Waals surface area contributed by atoms with Crippen molar-refractivity contribution in [2.45, 2.75) is 12.3 Å². The fraction of sp³-hybridized carbons (Fsp3) is 0.250. The number of hydrogen-bond acceptors (Lipinski definition) is 2. The Labute approximate surface area is 132 Å². The van der Waals surface area contributed by atoms with Gasteiger partial charge in [-0.3, -0.25) is 0 Å². The second-order valence-electron chi connectivity index (χ2n) is 4.53. The molecule has 0 N–H and O–H groups in total. The molecular formula is C16H16BrClO2. The smallest absolute Gasteiger partial charge is 0.127 e. The van der Waals surface area contributed by atoms with E-state index in [1.165, 1.54) is 0 Å². The highest BCUT2D eigenvalue weighted by Gasteiger charge is 2.17. The van der Waals surface area contributed by atoms with Crippen LogP contribution in [0.5, 0.6) is 11.5 Å². The molecule has 0 aliphatic rings. The Kier molecular flexibility index (Phi) is 4.95. The Morgan fingerprint density at radius 2 is 1.80 bits per heavy atom. The van der Waals surface area contributed by atoms with Gasteiger partial charge in [0.25, 0.3) is 0 Å². The zero-order chi connectivity index (χ0) is 14.7. The van der Waals surface area contributed by atoms with Gasteiger partial charge in [-0.2, -0.15) is 0 Å². The molecule has 2 aromatic carbocycles. The van der Waals surface area contributed by atoms with E-state index >= 15 is 0 Å². The molecule has 20 heavy (non-hydrogen) atoms. The lowest BCUT2D eigenvalue weighted by molar-refractivity contribution is 0.391. The number of rotatable bonds is 4. The first-order chi connectivity index (χ1) is 9.55. The zero-order valence-electron chi connectivity index (χ0n) is 11.6. The molecule has 0 saturated heterocycles. The topological polar surface area (TPSA) is 18.5 Å². The summed E-state index contributed by atoms with van der Waals surface area (Å²) in [5, 5.41) is -0.271. The van der Waals surface area contributed by atoms with Gasteiger partial charge in [-0.05, 0) is 42.3 Å². The predicted molar refractivity (Wildman–Crippen MR) is 86.1 cm³/mol. The lowest BCUT2D eigenvalue weighted by atomic mass is 10.0. The van der Waals surface area contributed by atoms with Gasteiger partial charge in [0.1, 0.15) is 11.5 Å². The van der Waals surface area contributed by atoms with Crippen molar-refractivity contribution in [2.24, 2.45) is 0 Å².